The van der Waals surface area contributed by atoms with Gasteiger partial charge in [0, 0.05) is 12.7 Å². The summed E-state index contributed by atoms with van der Waals surface area (Å²) in [7, 11) is 0. The summed E-state index contributed by atoms with van der Waals surface area (Å²) in [6.07, 6.45) is 1.57. The van der Waals surface area contributed by atoms with Gasteiger partial charge in [-0.3, -0.25) is 4.79 Å². The molecule has 1 aromatic heterocycles. The van der Waals surface area contributed by atoms with E-state index in [-0.39, 0.29) is 36.7 Å². The fourth-order valence-electron chi connectivity index (χ4n) is 2.68. The number of thioether (sulfide) groups is 1. The first kappa shape index (κ1) is 22.5. The van der Waals surface area contributed by atoms with Crippen molar-refractivity contribution in [2.24, 2.45) is 0 Å². The van der Waals surface area contributed by atoms with Crippen LogP contribution in [0.2, 0.25) is 0 Å². The summed E-state index contributed by atoms with van der Waals surface area (Å²) >= 11 is 1.13. The van der Waals surface area contributed by atoms with Crippen molar-refractivity contribution in [3.8, 4) is 0 Å². The molecule has 0 aliphatic carbocycles. The number of rotatable bonds is 10. The second kappa shape index (κ2) is 11.3. The first-order valence-corrected chi connectivity index (χ1v) is 10.4. The van der Waals surface area contributed by atoms with Crippen LogP contribution >= 0.6 is 11.8 Å². The van der Waals surface area contributed by atoms with Crippen molar-refractivity contribution < 1.29 is 28.6 Å². The van der Waals surface area contributed by atoms with Crippen molar-refractivity contribution in [2.45, 2.75) is 32.3 Å². The molecule has 0 amide bonds. The van der Waals surface area contributed by atoms with Gasteiger partial charge < -0.3 is 18.8 Å². The Hall–Kier alpha value is -2.74. The highest BCUT2D eigenvalue weighted by Gasteiger charge is 2.29. The summed E-state index contributed by atoms with van der Waals surface area (Å²) < 4.78 is 17.0. The number of carbonyl (C=O) groups is 3. The van der Waals surface area contributed by atoms with Gasteiger partial charge in [-0.15, -0.1) is 0 Å². The van der Waals surface area contributed by atoms with Gasteiger partial charge in [0.15, 0.2) is 0 Å². The average molecular weight is 419 g/mol. The highest BCUT2D eigenvalue weighted by molar-refractivity contribution is 8.00. The summed E-state index contributed by atoms with van der Waals surface area (Å²) in [4.78, 5) is 37.0. The van der Waals surface area contributed by atoms with Gasteiger partial charge in [-0.1, -0.05) is 42.1 Å². The van der Waals surface area contributed by atoms with Gasteiger partial charge in [0.2, 0.25) is 0 Å². The summed E-state index contributed by atoms with van der Waals surface area (Å²) in [5.41, 5.74) is 1.20. The molecule has 1 heterocycles. The smallest absolute Gasteiger partial charge is 0.341 e. The van der Waals surface area contributed by atoms with Crippen molar-refractivity contribution in [3.05, 3.63) is 53.2 Å². The number of hydrogen-bond acceptors (Lipinski definition) is 7. The normalized spacial score (nSPS) is 10.4. The molecule has 8 heteroatoms. The van der Waals surface area contributed by atoms with E-state index in [2.05, 4.69) is 0 Å². The SMILES string of the molecule is CCOC(=O)CSc1c(C(=O)OCC)c(C(=O)OCC)cn1Cc1ccccc1. The predicted molar refractivity (Wildman–Crippen MR) is 109 cm³/mol. The molecule has 0 bridgehead atoms. The van der Waals surface area contributed by atoms with E-state index in [1.165, 1.54) is 0 Å². The fourth-order valence-corrected chi connectivity index (χ4v) is 3.64. The Morgan fingerprint density at radius 2 is 1.52 bits per heavy atom. The first-order valence-electron chi connectivity index (χ1n) is 9.41. The molecule has 0 spiro atoms. The molecule has 29 heavy (non-hydrogen) atoms. The molecule has 0 aliphatic rings. The highest BCUT2D eigenvalue weighted by atomic mass is 32.2. The summed E-state index contributed by atoms with van der Waals surface area (Å²) in [6.45, 7) is 6.13. The maximum absolute atomic E-state index is 12.7. The van der Waals surface area contributed by atoms with Gasteiger partial charge in [-0.2, -0.15) is 0 Å². The third-order valence-corrected chi connectivity index (χ3v) is 4.92. The van der Waals surface area contributed by atoms with Gasteiger partial charge in [0.1, 0.15) is 5.56 Å². The quantitative estimate of drug-likeness (QED) is 0.331. The number of nitrogens with zero attached hydrogens (tertiary/aromatic N) is 1. The summed E-state index contributed by atoms with van der Waals surface area (Å²) in [5, 5.41) is 0.461. The number of ether oxygens (including phenoxy) is 3. The van der Waals surface area contributed by atoms with Crippen molar-refractivity contribution in [1.29, 1.82) is 0 Å². The molecular formula is C21H25NO6S. The number of esters is 3. The molecule has 1 aromatic carbocycles. The minimum Gasteiger partial charge on any atom is -0.465 e. The molecule has 156 valence electrons. The maximum Gasteiger partial charge on any atom is 0.341 e. The van der Waals surface area contributed by atoms with Gasteiger partial charge in [-0.05, 0) is 26.3 Å². The number of carbonyl (C=O) groups excluding carboxylic acids is 3. The molecule has 2 aromatic rings. The van der Waals surface area contributed by atoms with Crippen molar-refractivity contribution in [1.82, 2.24) is 4.57 Å². The van der Waals surface area contributed by atoms with Gasteiger partial charge in [-0.25, -0.2) is 9.59 Å². The van der Waals surface area contributed by atoms with Crippen molar-refractivity contribution >= 4 is 29.7 Å². The molecule has 7 nitrogen and oxygen atoms in total. The third-order valence-electron chi connectivity index (χ3n) is 3.83. The standard InChI is InChI=1S/C21H25NO6S/c1-4-26-17(23)14-29-19-18(21(25)28-6-3)16(20(24)27-5-2)13-22(19)12-15-10-8-7-9-11-15/h7-11,13H,4-6,12,14H2,1-3H3. The zero-order valence-corrected chi connectivity index (χ0v) is 17.6. The predicted octanol–water partition coefficient (Wildman–Crippen LogP) is 3.55. The fraction of sp³-hybridized carbons (Fsp3) is 0.381. The average Bonchev–Trinajstić information content (AvgIpc) is 3.06. The molecule has 0 unspecified atom stereocenters. The first-order chi connectivity index (χ1) is 14.0. The Kier molecular flexibility index (Phi) is 8.79. The number of hydrogen-bond donors (Lipinski definition) is 0. The topological polar surface area (TPSA) is 83.8 Å². The lowest BCUT2D eigenvalue weighted by Crippen LogP contribution is -2.14. The molecule has 0 saturated carbocycles. The largest absolute Gasteiger partial charge is 0.465 e. The van der Waals surface area contributed by atoms with Crippen LogP contribution in [0.4, 0.5) is 0 Å². The van der Waals surface area contributed by atoms with Crippen LogP contribution in [0.1, 0.15) is 47.1 Å². The zero-order chi connectivity index (χ0) is 21.2. The second-order valence-corrected chi connectivity index (χ2v) is 6.84. The van der Waals surface area contributed by atoms with E-state index in [1.807, 2.05) is 30.3 Å². The Morgan fingerprint density at radius 1 is 0.897 bits per heavy atom. The van der Waals surface area contributed by atoms with Crippen LogP contribution < -0.4 is 0 Å². The Morgan fingerprint density at radius 3 is 2.14 bits per heavy atom. The molecule has 0 saturated heterocycles. The lowest BCUT2D eigenvalue weighted by molar-refractivity contribution is -0.139. The second-order valence-electron chi connectivity index (χ2n) is 5.87. The van der Waals surface area contributed by atoms with E-state index in [9.17, 15) is 14.4 Å². The van der Waals surface area contributed by atoms with Gasteiger partial charge in [0.05, 0.1) is 36.2 Å². The molecule has 0 radical (unpaired) electrons. The van der Waals surface area contributed by atoms with Crippen LogP contribution in [0.5, 0.6) is 0 Å². The lowest BCUT2D eigenvalue weighted by atomic mass is 10.2. The van der Waals surface area contributed by atoms with Crippen molar-refractivity contribution in [3.63, 3.8) is 0 Å². The number of aromatic nitrogens is 1. The third kappa shape index (κ3) is 6.12. The summed E-state index contributed by atoms with van der Waals surface area (Å²) in [6, 6.07) is 9.59. The lowest BCUT2D eigenvalue weighted by Gasteiger charge is -2.11. The molecule has 0 atom stereocenters. The highest BCUT2D eigenvalue weighted by Crippen LogP contribution is 2.30. The Balaban J connectivity index is 2.50. The molecular weight excluding hydrogens is 394 g/mol. The van der Waals surface area contributed by atoms with Crippen LogP contribution in [0.3, 0.4) is 0 Å². The van der Waals surface area contributed by atoms with Crippen LogP contribution in [-0.2, 0) is 25.5 Å². The molecule has 0 fully saturated rings. The van der Waals surface area contributed by atoms with E-state index < -0.39 is 17.9 Å². The van der Waals surface area contributed by atoms with Crippen molar-refractivity contribution in [2.75, 3.05) is 25.6 Å². The maximum atomic E-state index is 12.7. The van der Waals surface area contributed by atoms with Crippen LogP contribution in [-0.4, -0.2) is 48.0 Å². The van der Waals surface area contributed by atoms with Gasteiger partial charge >= 0.3 is 17.9 Å². The van der Waals surface area contributed by atoms with E-state index in [0.29, 0.717) is 11.6 Å². The number of benzene rings is 1. The van der Waals surface area contributed by atoms with Crippen LogP contribution in [0.25, 0.3) is 0 Å². The van der Waals surface area contributed by atoms with Crippen LogP contribution in [0, 0.1) is 0 Å². The minimum absolute atomic E-state index is 0.00130. The molecule has 2 rings (SSSR count). The van der Waals surface area contributed by atoms with E-state index in [1.54, 1.807) is 31.5 Å². The molecule has 0 N–H and O–H groups in total. The molecule has 0 aliphatic heterocycles. The minimum atomic E-state index is -0.631. The van der Waals surface area contributed by atoms with E-state index >= 15 is 0 Å². The van der Waals surface area contributed by atoms with E-state index in [0.717, 1.165) is 17.3 Å². The van der Waals surface area contributed by atoms with Gasteiger partial charge in [0.25, 0.3) is 0 Å². The zero-order valence-electron chi connectivity index (χ0n) is 16.8. The monoisotopic (exact) mass is 419 g/mol. The summed E-state index contributed by atoms with van der Waals surface area (Å²) in [5.74, 6) is -1.65. The Labute approximate surface area is 174 Å². The van der Waals surface area contributed by atoms with E-state index in [4.69, 9.17) is 14.2 Å². The van der Waals surface area contributed by atoms with Crippen LogP contribution in [0.15, 0.2) is 41.6 Å². The Bertz CT molecular complexity index is 846.